The lowest BCUT2D eigenvalue weighted by molar-refractivity contribution is 0.547. The van der Waals surface area contributed by atoms with Gasteiger partial charge in [-0.05, 0) is 22.9 Å². The first-order valence-corrected chi connectivity index (χ1v) is 5.01. The van der Waals surface area contributed by atoms with Gasteiger partial charge in [-0.1, -0.05) is 0 Å². The molecule has 0 unspecified atom stereocenters. The van der Waals surface area contributed by atoms with E-state index >= 15 is 0 Å². The van der Waals surface area contributed by atoms with E-state index in [1.807, 2.05) is 18.7 Å². The van der Waals surface area contributed by atoms with E-state index in [4.69, 9.17) is 0 Å². The molecule has 5 nitrogen and oxygen atoms in total. The van der Waals surface area contributed by atoms with Gasteiger partial charge >= 0.3 is 0 Å². The summed E-state index contributed by atoms with van der Waals surface area (Å²) in [5.74, 6) is 0. The number of hydrogen-bond donors (Lipinski definition) is 0. The molecule has 6 heteroatoms. The van der Waals surface area contributed by atoms with Crippen LogP contribution in [0.1, 0.15) is 5.69 Å². The minimum atomic E-state index is 0.688. The van der Waals surface area contributed by atoms with Crippen molar-refractivity contribution >= 4 is 22.3 Å². The summed E-state index contributed by atoms with van der Waals surface area (Å²) in [6, 6.07) is 0. The minimum Gasteiger partial charge on any atom is -0.279 e. The van der Waals surface area contributed by atoms with Crippen LogP contribution in [0.15, 0.2) is 29.4 Å². The summed E-state index contributed by atoms with van der Waals surface area (Å²) in [4.78, 5) is 13.4. The van der Waals surface area contributed by atoms with Crippen molar-refractivity contribution in [2.45, 2.75) is 6.92 Å². The molecule has 80 valence electrons. The Morgan fingerprint density at radius 1 is 1.53 bits per heavy atom. The molecule has 0 aliphatic heterocycles. The standard InChI is InChI=1S/C5H7BrN2.C4H4N2O/c1-4-5(6)3-7-8(4)2;7-4-6-2-1-5-3-6/h3H,1-2H3;1-4H. The number of carbonyl (C=O) groups excluding carboxylic acids is 1. The van der Waals surface area contributed by atoms with Crippen LogP contribution in [-0.4, -0.2) is 25.7 Å². The average molecular weight is 271 g/mol. The van der Waals surface area contributed by atoms with Crippen molar-refractivity contribution in [3.8, 4) is 0 Å². The molecular weight excluding hydrogens is 260 g/mol. The molecule has 2 heterocycles. The SMILES string of the molecule is Cc1c(Br)cnn1C.O=Cn1ccnc1. The smallest absolute Gasteiger partial charge is 0.218 e. The van der Waals surface area contributed by atoms with Crippen molar-refractivity contribution in [3.05, 3.63) is 35.1 Å². The first-order chi connectivity index (χ1) is 7.15. The molecule has 0 spiro atoms. The van der Waals surface area contributed by atoms with Gasteiger partial charge in [-0.2, -0.15) is 5.10 Å². The molecule has 0 saturated heterocycles. The molecule has 0 amide bonds. The first-order valence-electron chi connectivity index (χ1n) is 4.22. The molecular formula is C9H11BrN4O. The third kappa shape index (κ3) is 3.32. The molecule has 0 N–H and O–H groups in total. The topological polar surface area (TPSA) is 52.7 Å². The van der Waals surface area contributed by atoms with E-state index in [2.05, 4.69) is 26.0 Å². The van der Waals surface area contributed by atoms with E-state index in [0.717, 1.165) is 10.2 Å². The Morgan fingerprint density at radius 3 is 2.47 bits per heavy atom. The van der Waals surface area contributed by atoms with Crippen LogP contribution in [0.5, 0.6) is 0 Å². The summed E-state index contributed by atoms with van der Waals surface area (Å²) < 4.78 is 4.23. The van der Waals surface area contributed by atoms with Crippen LogP contribution in [0.2, 0.25) is 0 Å². The Hall–Kier alpha value is -1.43. The van der Waals surface area contributed by atoms with Gasteiger partial charge in [-0.15, -0.1) is 0 Å². The summed E-state index contributed by atoms with van der Waals surface area (Å²) in [5.41, 5.74) is 1.16. The van der Waals surface area contributed by atoms with E-state index in [1.165, 1.54) is 10.9 Å². The third-order valence-corrected chi connectivity index (χ3v) is 2.60. The summed E-state index contributed by atoms with van der Waals surface area (Å²) >= 11 is 3.33. The highest BCUT2D eigenvalue weighted by Gasteiger charge is 1.95. The van der Waals surface area contributed by atoms with Gasteiger partial charge in [0, 0.05) is 25.1 Å². The minimum absolute atomic E-state index is 0.688. The molecule has 0 radical (unpaired) electrons. The summed E-state index contributed by atoms with van der Waals surface area (Å²) in [6.07, 6.45) is 7.04. The van der Waals surface area contributed by atoms with Crippen molar-refractivity contribution < 1.29 is 4.79 Å². The molecule has 2 rings (SSSR count). The van der Waals surface area contributed by atoms with E-state index in [1.54, 1.807) is 18.6 Å². The van der Waals surface area contributed by atoms with Crippen molar-refractivity contribution in [3.63, 3.8) is 0 Å². The molecule has 0 fully saturated rings. The lowest BCUT2D eigenvalue weighted by atomic mass is 10.5. The Kier molecular flexibility index (Phi) is 4.23. The van der Waals surface area contributed by atoms with Crippen LogP contribution in [0.3, 0.4) is 0 Å². The maximum Gasteiger partial charge on any atom is 0.218 e. The van der Waals surface area contributed by atoms with Crippen molar-refractivity contribution in [1.29, 1.82) is 0 Å². The van der Waals surface area contributed by atoms with Gasteiger partial charge in [-0.25, -0.2) is 4.98 Å². The van der Waals surface area contributed by atoms with Crippen LogP contribution in [0.4, 0.5) is 0 Å². The van der Waals surface area contributed by atoms with Crippen LogP contribution < -0.4 is 0 Å². The number of aryl methyl sites for hydroxylation is 1. The van der Waals surface area contributed by atoms with E-state index in [0.29, 0.717) is 6.41 Å². The molecule has 0 saturated carbocycles. The zero-order chi connectivity index (χ0) is 11.3. The average Bonchev–Trinajstić information content (AvgIpc) is 2.85. The van der Waals surface area contributed by atoms with Crippen LogP contribution in [0, 0.1) is 6.92 Å². The highest BCUT2D eigenvalue weighted by Crippen LogP contribution is 2.12. The number of halogens is 1. The molecule has 0 atom stereocenters. The monoisotopic (exact) mass is 270 g/mol. The predicted molar refractivity (Wildman–Crippen MR) is 60.0 cm³/mol. The van der Waals surface area contributed by atoms with Crippen LogP contribution in [0.25, 0.3) is 0 Å². The number of imidazole rings is 1. The maximum absolute atomic E-state index is 9.79. The van der Waals surface area contributed by atoms with Gasteiger partial charge in [0.25, 0.3) is 0 Å². The van der Waals surface area contributed by atoms with Gasteiger partial charge in [0.2, 0.25) is 6.41 Å². The molecule has 0 aliphatic rings. The number of carbonyl (C=O) groups is 1. The lowest BCUT2D eigenvalue weighted by Crippen LogP contribution is -1.91. The highest BCUT2D eigenvalue weighted by atomic mass is 79.9. The Labute approximate surface area is 95.9 Å². The van der Waals surface area contributed by atoms with E-state index < -0.39 is 0 Å². The molecule has 2 aromatic heterocycles. The lowest BCUT2D eigenvalue weighted by Gasteiger charge is -1.89. The van der Waals surface area contributed by atoms with Crippen LogP contribution >= 0.6 is 15.9 Å². The highest BCUT2D eigenvalue weighted by molar-refractivity contribution is 9.10. The second-order valence-corrected chi connectivity index (χ2v) is 3.67. The first kappa shape index (κ1) is 11.6. The predicted octanol–water partition coefficient (Wildman–Crippen LogP) is 1.41. The fraction of sp³-hybridized carbons (Fsp3) is 0.222. The Bertz CT molecular complexity index is 402. The zero-order valence-corrected chi connectivity index (χ0v) is 10.0. The molecule has 15 heavy (non-hydrogen) atoms. The molecule has 0 aromatic carbocycles. The Morgan fingerprint density at radius 2 is 2.27 bits per heavy atom. The molecule has 0 aliphatic carbocycles. The van der Waals surface area contributed by atoms with Gasteiger partial charge in [0.1, 0.15) is 6.33 Å². The Balaban J connectivity index is 0.000000151. The molecule has 0 bridgehead atoms. The summed E-state index contributed by atoms with van der Waals surface area (Å²) in [6.45, 7) is 2.01. The van der Waals surface area contributed by atoms with Gasteiger partial charge in [0.05, 0.1) is 10.7 Å². The van der Waals surface area contributed by atoms with E-state index in [9.17, 15) is 4.79 Å². The maximum atomic E-state index is 9.79. The summed E-state index contributed by atoms with van der Waals surface area (Å²) in [5, 5.41) is 3.99. The second-order valence-electron chi connectivity index (χ2n) is 2.82. The van der Waals surface area contributed by atoms with Gasteiger partial charge in [0.15, 0.2) is 0 Å². The quantitative estimate of drug-likeness (QED) is 0.737. The molecule has 2 aromatic rings. The van der Waals surface area contributed by atoms with Gasteiger partial charge < -0.3 is 0 Å². The van der Waals surface area contributed by atoms with Crippen molar-refractivity contribution in [2.75, 3.05) is 0 Å². The number of nitrogens with zero attached hydrogens (tertiary/aromatic N) is 4. The third-order valence-electron chi connectivity index (χ3n) is 1.82. The number of rotatable bonds is 1. The van der Waals surface area contributed by atoms with Gasteiger partial charge in [-0.3, -0.25) is 14.0 Å². The summed E-state index contributed by atoms with van der Waals surface area (Å²) in [7, 11) is 1.92. The van der Waals surface area contributed by atoms with E-state index in [-0.39, 0.29) is 0 Å². The van der Waals surface area contributed by atoms with Crippen LogP contribution in [-0.2, 0) is 11.8 Å². The fourth-order valence-electron chi connectivity index (χ4n) is 0.804. The number of aromatic nitrogens is 4. The van der Waals surface area contributed by atoms with Crippen molar-refractivity contribution in [1.82, 2.24) is 19.3 Å². The fourth-order valence-corrected chi connectivity index (χ4v) is 1.15. The largest absolute Gasteiger partial charge is 0.279 e. The normalized spacial score (nSPS) is 9.27. The number of hydrogen-bond acceptors (Lipinski definition) is 3. The second kappa shape index (κ2) is 5.45. The van der Waals surface area contributed by atoms with Crippen molar-refractivity contribution in [2.24, 2.45) is 7.05 Å². The zero-order valence-electron chi connectivity index (χ0n) is 8.46.